The van der Waals surface area contributed by atoms with Gasteiger partial charge in [-0.05, 0) is 49.4 Å². The standard InChI is InChI=1S/C12H17FO/c1-3-12(14)5-4-10-6-9(2)7-11(13)8-10/h6-8,12,14H,3-5H2,1-2H3. The van der Waals surface area contributed by atoms with Gasteiger partial charge in [-0.2, -0.15) is 0 Å². The molecule has 78 valence electrons. The maximum absolute atomic E-state index is 13.0. The third-order valence-corrected chi connectivity index (χ3v) is 2.34. The molecule has 1 atom stereocenters. The molecule has 0 aromatic heterocycles. The highest BCUT2D eigenvalue weighted by Crippen LogP contribution is 2.12. The minimum Gasteiger partial charge on any atom is -0.393 e. The molecule has 0 aliphatic heterocycles. The van der Waals surface area contributed by atoms with Crippen molar-refractivity contribution in [3.8, 4) is 0 Å². The molecule has 1 aromatic rings. The van der Waals surface area contributed by atoms with Crippen molar-refractivity contribution >= 4 is 0 Å². The molecule has 0 amide bonds. The molecule has 0 aliphatic rings. The van der Waals surface area contributed by atoms with Crippen LogP contribution >= 0.6 is 0 Å². The second-order valence-corrected chi connectivity index (χ2v) is 3.74. The van der Waals surface area contributed by atoms with Crippen molar-refractivity contribution in [1.29, 1.82) is 0 Å². The smallest absolute Gasteiger partial charge is 0.123 e. The van der Waals surface area contributed by atoms with E-state index in [-0.39, 0.29) is 11.9 Å². The van der Waals surface area contributed by atoms with Gasteiger partial charge in [-0.15, -0.1) is 0 Å². The Morgan fingerprint density at radius 1 is 1.36 bits per heavy atom. The van der Waals surface area contributed by atoms with Gasteiger partial charge in [0.2, 0.25) is 0 Å². The summed E-state index contributed by atoms with van der Waals surface area (Å²) in [7, 11) is 0. The fourth-order valence-electron chi connectivity index (χ4n) is 1.49. The maximum atomic E-state index is 13.0. The van der Waals surface area contributed by atoms with Crippen molar-refractivity contribution in [2.24, 2.45) is 0 Å². The van der Waals surface area contributed by atoms with Crippen molar-refractivity contribution in [3.05, 3.63) is 35.1 Å². The molecule has 0 saturated heterocycles. The molecule has 14 heavy (non-hydrogen) atoms. The van der Waals surface area contributed by atoms with E-state index in [9.17, 15) is 9.50 Å². The predicted octanol–water partition coefficient (Wildman–Crippen LogP) is 2.84. The molecule has 1 unspecified atom stereocenters. The fraction of sp³-hybridized carbons (Fsp3) is 0.500. The van der Waals surface area contributed by atoms with Crippen LogP contribution in [0.1, 0.15) is 30.9 Å². The van der Waals surface area contributed by atoms with E-state index >= 15 is 0 Å². The molecule has 0 saturated carbocycles. The molecular weight excluding hydrogens is 179 g/mol. The van der Waals surface area contributed by atoms with Gasteiger partial charge >= 0.3 is 0 Å². The van der Waals surface area contributed by atoms with E-state index < -0.39 is 0 Å². The number of aliphatic hydroxyl groups is 1. The number of aryl methyl sites for hydroxylation is 2. The summed E-state index contributed by atoms with van der Waals surface area (Å²) >= 11 is 0. The van der Waals surface area contributed by atoms with Gasteiger partial charge in [0.15, 0.2) is 0 Å². The molecule has 2 heteroatoms. The van der Waals surface area contributed by atoms with Crippen molar-refractivity contribution in [1.82, 2.24) is 0 Å². The maximum Gasteiger partial charge on any atom is 0.123 e. The SMILES string of the molecule is CCC(O)CCc1cc(C)cc(F)c1. The van der Waals surface area contributed by atoms with Crippen molar-refractivity contribution in [2.75, 3.05) is 0 Å². The topological polar surface area (TPSA) is 20.2 Å². The van der Waals surface area contributed by atoms with Gasteiger partial charge in [0.05, 0.1) is 6.10 Å². The summed E-state index contributed by atoms with van der Waals surface area (Å²) in [5.41, 5.74) is 1.90. The van der Waals surface area contributed by atoms with Crippen molar-refractivity contribution < 1.29 is 9.50 Å². The Balaban J connectivity index is 2.58. The quantitative estimate of drug-likeness (QED) is 0.785. The van der Waals surface area contributed by atoms with Crippen LogP contribution in [0, 0.1) is 12.7 Å². The number of halogens is 1. The molecule has 0 heterocycles. The van der Waals surface area contributed by atoms with Crippen LogP contribution in [-0.2, 0) is 6.42 Å². The molecule has 0 bridgehead atoms. The zero-order valence-corrected chi connectivity index (χ0v) is 8.76. The number of benzene rings is 1. The predicted molar refractivity (Wildman–Crippen MR) is 55.8 cm³/mol. The normalized spacial score (nSPS) is 12.9. The van der Waals surface area contributed by atoms with E-state index in [1.54, 1.807) is 0 Å². The van der Waals surface area contributed by atoms with Crippen LogP contribution in [0.5, 0.6) is 0 Å². The zero-order chi connectivity index (χ0) is 10.6. The molecule has 1 aromatic carbocycles. The van der Waals surface area contributed by atoms with E-state index in [1.165, 1.54) is 12.1 Å². The fourth-order valence-corrected chi connectivity index (χ4v) is 1.49. The molecular formula is C12H17FO. The van der Waals surface area contributed by atoms with Gasteiger partial charge in [0.1, 0.15) is 5.82 Å². The summed E-state index contributed by atoms with van der Waals surface area (Å²) in [6.07, 6.45) is 1.94. The molecule has 1 rings (SSSR count). The van der Waals surface area contributed by atoms with Gasteiger partial charge in [0.25, 0.3) is 0 Å². The molecule has 0 spiro atoms. The van der Waals surface area contributed by atoms with Crippen LogP contribution in [0.3, 0.4) is 0 Å². The second-order valence-electron chi connectivity index (χ2n) is 3.74. The number of aliphatic hydroxyl groups excluding tert-OH is 1. The van der Waals surface area contributed by atoms with E-state index in [1.807, 2.05) is 19.9 Å². The molecule has 0 radical (unpaired) electrons. The van der Waals surface area contributed by atoms with E-state index in [4.69, 9.17) is 0 Å². The first kappa shape index (κ1) is 11.2. The van der Waals surface area contributed by atoms with Crippen LogP contribution in [0.2, 0.25) is 0 Å². The monoisotopic (exact) mass is 196 g/mol. The molecule has 0 fully saturated rings. The number of rotatable bonds is 4. The van der Waals surface area contributed by atoms with E-state index in [0.717, 1.165) is 24.0 Å². The average Bonchev–Trinajstić information content (AvgIpc) is 2.12. The van der Waals surface area contributed by atoms with Gasteiger partial charge in [0, 0.05) is 0 Å². The Hall–Kier alpha value is -0.890. The summed E-state index contributed by atoms with van der Waals surface area (Å²) < 4.78 is 13.0. The highest BCUT2D eigenvalue weighted by molar-refractivity contribution is 5.23. The minimum atomic E-state index is -0.265. The third-order valence-electron chi connectivity index (χ3n) is 2.34. The van der Waals surface area contributed by atoms with Crippen LogP contribution in [-0.4, -0.2) is 11.2 Å². The number of hydrogen-bond donors (Lipinski definition) is 1. The first-order valence-corrected chi connectivity index (χ1v) is 5.06. The van der Waals surface area contributed by atoms with Crippen molar-refractivity contribution in [2.45, 2.75) is 39.2 Å². The summed E-state index contributed by atoms with van der Waals surface area (Å²) in [6.45, 7) is 3.82. The first-order valence-electron chi connectivity index (χ1n) is 5.06. The van der Waals surface area contributed by atoms with Gasteiger partial charge in [-0.25, -0.2) is 4.39 Å². The van der Waals surface area contributed by atoms with Crippen LogP contribution < -0.4 is 0 Å². The van der Waals surface area contributed by atoms with Crippen LogP contribution in [0.15, 0.2) is 18.2 Å². The Bertz CT molecular complexity index is 276. The molecule has 1 nitrogen and oxygen atoms in total. The number of hydrogen-bond acceptors (Lipinski definition) is 1. The third kappa shape index (κ3) is 3.46. The highest BCUT2D eigenvalue weighted by Gasteiger charge is 2.03. The summed E-state index contributed by atoms with van der Waals surface area (Å²) in [4.78, 5) is 0. The lowest BCUT2D eigenvalue weighted by Crippen LogP contribution is -2.05. The summed E-state index contributed by atoms with van der Waals surface area (Å²) in [5.74, 6) is -0.189. The molecule has 1 N–H and O–H groups in total. The largest absolute Gasteiger partial charge is 0.393 e. The van der Waals surface area contributed by atoms with Gasteiger partial charge < -0.3 is 5.11 Å². The minimum absolute atomic E-state index is 0.189. The Morgan fingerprint density at radius 2 is 2.07 bits per heavy atom. The van der Waals surface area contributed by atoms with E-state index in [2.05, 4.69) is 0 Å². The first-order chi connectivity index (χ1) is 6.61. The lowest BCUT2D eigenvalue weighted by atomic mass is 10.0. The lowest BCUT2D eigenvalue weighted by molar-refractivity contribution is 0.160. The molecule has 0 aliphatic carbocycles. The Kier molecular flexibility index (Phi) is 4.08. The van der Waals surface area contributed by atoms with Crippen molar-refractivity contribution in [3.63, 3.8) is 0 Å². The summed E-state index contributed by atoms with van der Waals surface area (Å²) in [6, 6.07) is 5.01. The van der Waals surface area contributed by atoms with E-state index in [0.29, 0.717) is 6.42 Å². The zero-order valence-electron chi connectivity index (χ0n) is 8.76. The second kappa shape index (κ2) is 5.11. The summed E-state index contributed by atoms with van der Waals surface area (Å²) in [5, 5.41) is 9.36. The Morgan fingerprint density at radius 3 is 2.64 bits per heavy atom. The highest BCUT2D eigenvalue weighted by atomic mass is 19.1. The average molecular weight is 196 g/mol. The lowest BCUT2D eigenvalue weighted by Gasteiger charge is -2.07. The van der Waals surface area contributed by atoms with Gasteiger partial charge in [-0.1, -0.05) is 13.0 Å². The van der Waals surface area contributed by atoms with Gasteiger partial charge in [-0.3, -0.25) is 0 Å². The van der Waals surface area contributed by atoms with Crippen LogP contribution in [0.4, 0.5) is 4.39 Å². The van der Waals surface area contributed by atoms with Crippen LogP contribution in [0.25, 0.3) is 0 Å². The Labute approximate surface area is 84.6 Å².